The van der Waals surface area contributed by atoms with Crippen molar-refractivity contribution >= 4 is 16.9 Å². The van der Waals surface area contributed by atoms with Crippen molar-refractivity contribution < 1.29 is 4.79 Å². The van der Waals surface area contributed by atoms with E-state index in [2.05, 4.69) is 31.0 Å². The first kappa shape index (κ1) is 19.8. The van der Waals surface area contributed by atoms with E-state index >= 15 is 0 Å². The molecule has 0 atom stereocenters. The first-order valence-electron chi connectivity index (χ1n) is 10.3. The summed E-state index contributed by atoms with van der Waals surface area (Å²) >= 11 is 0. The normalized spacial score (nSPS) is 11.0. The van der Waals surface area contributed by atoms with Crippen LogP contribution in [0.5, 0.6) is 0 Å². The second kappa shape index (κ2) is 8.91. The molecule has 0 saturated heterocycles. The van der Waals surface area contributed by atoms with Crippen molar-refractivity contribution in [3.8, 4) is 0 Å². The predicted molar refractivity (Wildman–Crippen MR) is 119 cm³/mol. The van der Waals surface area contributed by atoms with E-state index in [0.29, 0.717) is 13.1 Å². The smallest absolute Gasteiger partial charge is 0.243 e. The Morgan fingerprint density at radius 1 is 1.00 bits per heavy atom. The monoisotopic (exact) mass is 398 g/mol. The summed E-state index contributed by atoms with van der Waals surface area (Å²) in [5.41, 5.74) is 5.29. The first-order chi connectivity index (χ1) is 14.7. The van der Waals surface area contributed by atoms with Crippen LogP contribution in [0.3, 0.4) is 0 Å². The molecule has 5 nitrogen and oxygen atoms in total. The van der Waals surface area contributed by atoms with E-state index in [1.165, 1.54) is 5.56 Å². The second-order valence-corrected chi connectivity index (χ2v) is 7.49. The number of fused-ring (bicyclic) bond motifs is 1. The number of carbonyl (C=O) groups excluding carboxylic acids is 1. The molecule has 30 heavy (non-hydrogen) atoms. The summed E-state index contributed by atoms with van der Waals surface area (Å²) in [6, 6.07) is 20.1. The summed E-state index contributed by atoms with van der Waals surface area (Å²) < 4.78 is 2.05. The molecular formula is C25H26N4O. The zero-order valence-corrected chi connectivity index (χ0v) is 17.5. The molecule has 0 aliphatic heterocycles. The Morgan fingerprint density at radius 2 is 1.80 bits per heavy atom. The van der Waals surface area contributed by atoms with Gasteiger partial charge in [-0.15, -0.1) is 0 Å². The summed E-state index contributed by atoms with van der Waals surface area (Å²) in [6.45, 7) is 5.52. The number of amides is 1. The van der Waals surface area contributed by atoms with Crippen LogP contribution < -0.4 is 0 Å². The van der Waals surface area contributed by atoms with Gasteiger partial charge in [-0.05, 0) is 41.8 Å². The van der Waals surface area contributed by atoms with Crippen LogP contribution in [0.15, 0.2) is 73.1 Å². The molecule has 0 unspecified atom stereocenters. The molecule has 2 aromatic carbocycles. The van der Waals surface area contributed by atoms with Crippen molar-refractivity contribution in [3.63, 3.8) is 0 Å². The van der Waals surface area contributed by atoms with Crippen LogP contribution in [0.1, 0.15) is 29.4 Å². The van der Waals surface area contributed by atoms with Gasteiger partial charge >= 0.3 is 0 Å². The largest absolute Gasteiger partial charge is 0.332 e. The lowest BCUT2D eigenvalue weighted by molar-refractivity contribution is -0.133. The molecule has 0 N–H and O–H groups in total. The summed E-state index contributed by atoms with van der Waals surface area (Å²) in [6.07, 6.45) is 4.35. The summed E-state index contributed by atoms with van der Waals surface area (Å²) in [4.78, 5) is 24.3. The fourth-order valence-electron chi connectivity index (χ4n) is 3.74. The Morgan fingerprint density at radius 3 is 2.57 bits per heavy atom. The number of benzene rings is 2. The van der Waals surface area contributed by atoms with Crippen molar-refractivity contribution in [1.29, 1.82) is 0 Å². The third kappa shape index (κ3) is 4.25. The minimum atomic E-state index is 0.0694. The highest BCUT2D eigenvalue weighted by Gasteiger charge is 2.19. The fourth-order valence-corrected chi connectivity index (χ4v) is 3.74. The Labute approximate surface area is 177 Å². The number of aromatic nitrogens is 3. The lowest BCUT2D eigenvalue weighted by Gasteiger charge is -2.24. The summed E-state index contributed by atoms with van der Waals surface area (Å²) in [5.74, 6) is 1.00. The van der Waals surface area contributed by atoms with Crippen molar-refractivity contribution in [2.75, 3.05) is 0 Å². The van der Waals surface area contributed by atoms with Crippen molar-refractivity contribution in [2.45, 2.75) is 39.9 Å². The van der Waals surface area contributed by atoms with E-state index in [1.807, 2.05) is 64.2 Å². The number of pyridine rings is 1. The summed E-state index contributed by atoms with van der Waals surface area (Å²) in [7, 11) is 0. The Balaban J connectivity index is 1.65. The van der Waals surface area contributed by atoms with Gasteiger partial charge in [0.25, 0.3) is 0 Å². The highest BCUT2D eigenvalue weighted by atomic mass is 16.2. The maximum atomic E-state index is 13.5. The summed E-state index contributed by atoms with van der Waals surface area (Å²) in [5, 5.41) is 0. The Hall–Kier alpha value is -3.47. The molecule has 2 aromatic heterocycles. The predicted octanol–water partition coefficient (Wildman–Crippen LogP) is 4.53. The lowest BCUT2D eigenvalue weighted by Crippen LogP contribution is -2.33. The molecule has 0 aliphatic carbocycles. The van der Waals surface area contributed by atoms with E-state index in [-0.39, 0.29) is 12.5 Å². The molecule has 0 spiro atoms. The molecule has 1 amide bonds. The van der Waals surface area contributed by atoms with Gasteiger partial charge in [0.2, 0.25) is 5.91 Å². The van der Waals surface area contributed by atoms with Crippen LogP contribution in [0, 0.1) is 6.92 Å². The highest BCUT2D eigenvalue weighted by molar-refractivity contribution is 5.81. The van der Waals surface area contributed by atoms with Gasteiger partial charge in [0.15, 0.2) is 0 Å². The zero-order valence-electron chi connectivity index (χ0n) is 17.5. The van der Waals surface area contributed by atoms with Gasteiger partial charge < -0.3 is 9.47 Å². The average Bonchev–Trinajstić information content (AvgIpc) is 3.13. The number of hydrogen-bond donors (Lipinski definition) is 0. The molecule has 0 aliphatic rings. The van der Waals surface area contributed by atoms with Crippen LogP contribution in [-0.4, -0.2) is 25.3 Å². The highest BCUT2D eigenvalue weighted by Crippen LogP contribution is 2.19. The standard InChI is InChI=1S/C25H26N4O/c1-3-24-27-22-12-6-7-13-23(22)29(24)18-25(30)28(16-20-10-8-14-26-15-20)17-21-11-5-4-9-19(21)2/h4-15H,3,16-18H2,1-2H3. The van der Waals surface area contributed by atoms with E-state index in [1.54, 1.807) is 6.20 Å². The average molecular weight is 399 g/mol. The van der Waals surface area contributed by atoms with Crippen molar-refractivity contribution in [1.82, 2.24) is 19.4 Å². The number of imidazole rings is 1. The second-order valence-electron chi connectivity index (χ2n) is 7.49. The molecule has 152 valence electrons. The minimum absolute atomic E-state index is 0.0694. The van der Waals surface area contributed by atoms with E-state index in [0.717, 1.165) is 34.4 Å². The van der Waals surface area contributed by atoms with Gasteiger partial charge in [-0.25, -0.2) is 4.98 Å². The van der Waals surface area contributed by atoms with Gasteiger partial charge in [0, 0.05) is 31.9 Å². The number of para-hydroxylation sites is 2. The molecule has 4 aromatic rings. The lowest BCUT2D eigenvalue weighted by atomic mass is 10.1. The maximum absolute atomic E-state index is 13.5. The molecule has 0 radical (unpaired) electrons. The van der Waals surface area contributed by atoms with E-state index < -0.39 is 0 Å². The molecule has 5 heteroatoms. The van der Waals surface area contributed by atoms with Crippen molar-refractivity contribution in [3.05, 3.63) is 95.6 Å². The Bertz CT molecular complexity index is 1150. The Kier molecular flexibility index (Phi) is 5.89. The molecular weight excluding hydrogens is 372 g/mol. The van der Waals surface area contributed by atoms with Gasteiger partial charge in [-0.2, -0.15) is 0 Å². The van der Waals surface area contributed by atoms with Crippen molar-refractivity contribution in [2.24, 2.45) is 0 Å². The van der Waals surface area contributed by atoms with Crippen LogP contribution in [0.4, 0.5) is 0 Å². The first-order valence-corrected chi connectivity index (χ1v) is 10.3. The molecule has 2 heterocycles. The number of nitrogens with zero attached hydrogens (tertiary/aromatic N) is 4. The number of rotatable bonds is 7. The number of carbonyl (C=O) groups is 1. The molecule has 4 rings (SSSR count). The van der Waals surface area contributed by atoms with Crippen LogP contribution in [0.2, 0.25) is 0 Å². The molecule has 0 fully saturated rings. The van der Waals surface area contributed by atoms with Gasteiger partial charge in [0.1, 0.15) is 12.4 Å². The topological polar surface area (TPSA) is 51.0 Å². The van der Waals surface area contributed by atoms with E-state index in [4.69, 9.17) is 4.98 Å². The quantitative estimate of drug-likeness (QED) is 0.460. The number of aryl methyl sites for hydroxylation is 2. The van der Waals surface area contributed by atoms with Gasteiger partial charge in [-0.3, -0.25) is 9.78 Å². The minimum Gasteiger partial charge on any atom is -0.332 e. The third-order valence-corrected chi connectivity index (χ3v) is 5.41. The third-order valence-electron chi connectivity index (χ3n) is 5.41. The zero-order chi connectivity index (χ0) is 20.9. The number of hydrogen-bond acceptors (Lipinski definition) is 3. The molecule has 0 saturated carbocycles. The fraction of sp³-hybridized carbons (Fsp3) is 0.240. The van der Waals surface area contributed by atoms with Crippen LogP contribution in [-0.2, 0) is 30.8 Å². The van der Waals surface area contributed by atoms with Gasteiger partial charge in [0.05, 0.1) is 11.0 Å². The maximum Gasteiger partial charge on any atom is 0.243 e. The molecule has 0 bridgehead atoms. The van der Waals surface area contributed by atoms with Crippen LogP contribution >= 0.6 is 0 Å². The van der Waals surface area contributed by atoms with E-state index in [9.17, 15) is 4.79 Å². The van der Waals surface area contributed by atoms with Crippen LogP contribution in [0.25, 0.3) is 11.0 Å². The SMILES string of the molecule is CCc1nc2ccccc2n1CC(=O)N(Cc1cccnc1)Cc1ccccc1C. The van der Waals surface area contributed by atoms with Gasteiger partial charge in [-0.1, -0.05) is 49.4 Å².